The summed E-state index contributed by atoms with van der Waals surface area (Å²) in [6.07, 6.45) is 0. The lowest BCUT2D eigenvalue weighted by Crippen LogP contribution is -2.15. The van der Waals surface area contributed by atoms with Crippen LogP contribution in [0.1, 0.15) is 52.6 Å². The molecule has 0 fully saturated rings. The van der Waals surface area contributed by atoms with Gasteiger partial charge in [-0.2, -0.15) is 0 Å². The second-order valence-corrected chi connectivity index (χ2v) is 5.77. The molecule has 2 aliphatic rings. The second kappa shape index (κ2) is 6.72. The second-order valence-electron chi connectivity index (χ2n) is 5.77. The SMILES string of the molecule is O=C1OC(=O)c2cc(CONOCc3ccc4c(c3)C(=O)OC4=O)ccc21. The van der Waals surface area contributed by atoms with Gasteiger partial charge in [-0.3, -0.25) is 9.68 Å². The van der Waals surface area contributed by atoms with Crippen molar-refractivity contribution in [2.75, 3.05) is 0 Å². The molecule has 0 unspecified atom stereocenters. The first-order valence-corrected chi connectivity index (χ1v) is 7.80. The molecule has 0 bridgehead atoms. The minimum absolute atomic E-state index is 0.0692. The first-order valence-electron chi connectivity index (χ1n) is 7.80. The van der Waals surface area contributed by atoms with Crippen LogP contribution < -0.4 is 5.64 Å². The smallest absolute Gasteiger partial charge is 0.346 e. The highest BCUT2D eigenvalue weighted by Crippen LogP contribution is 2.22. The molecule has 0 amide bonds. The van der Waals surface area contributed by atoms with E-state index in [-0.39, 0.29) is 35.5 Å². The van der Waals surface area contributed by atoms with Gasteiger partial charge in [0.15, 0.2) is 0 Å². The molecule has 2 aromatic rings. The largest absolute Gasteiger partial charge is 0.386 e. The van der Waals surface area contributed by atoms with Gasteiger partial charge in [-0.25, -0.2) is 19.2 Å². The van der Waals surface area contributed by atoms with Crippen molar-refractivity contribution in [3.05, 3.63) is 69.8 Å². The normalized spacial score (nSPS) is 14.8. The highest BCUT2D eigenvalue weighted by molar-refractivity contribution is 6.15. The van der Waals surface area contributed by atoms with E-state index in [4.69, 9.17) is 9.68 Å². The Morgan fingerprint density at radius 1 is 0.630 bits per heavy atom. The Morgan fingerprint density at radius 2 is 1.04 bits per heavy atom. The fourth-order valence-electron chi connectivity index (χ4n) is 2.71. The molecule has 0 atom stereocenters. The van der Waals surface area contributed by atoms with Crippen LogP contribution in [0.4, 0.5) is 0 Å². The van der Waals surface area contributed by atoms with Crippen LogP contribution in [0.3, 0.4) is 0 Å². The number of cyclic esters (lactones) is 4. The number of benzene rings is 2. The van der Waals surface area contributed by atoms with Gasteiger partial charge in [0.25, 0.3) is 0 Å². The highest BCUT2D eigenvalue weighted by atomic mass is 16.9. The summed E-state index contributed by atoms with van der Waals surface area (Å²) in [7, 11) is 0. The van der Waals surface area contributed by atoms with Crippen LogP contribution in [-0.4, -0.2) is 23.9 Å². The third kappa shape index (κ3) is 3.22. The standard InChI is InChI=1S/C18H11NO8/c20-15-11-3-1-9(5-13(11)17(22)26-15)7-24-19-25-8-10-2-4-12-14(6-10)18(23)27-16(12)21/h1-6,19H,7-8H2. The van der Waals surface area contributed by atoms with Gasteiger partial charge in [-0.15, -0.1) is 0 Å². The first kappa shape index (κ1) is 17.0. The van der Waals surface area contributed by atoms with E-state index in [0.717, 1.165) is 0 Å². The Bertz CT molecular complexity index is 917. The zero-order valence-electron chi connectivity index (χ0n) is 13.6. The number of hydrogen-bond donors (Lipinski definition) is 1. The molecular weight excluding hydrogens is 358 g/mol. The van der Waals surface area contributed by atoms with Crippen LogP contribution in [0.2, 0.25) is 0 Å². The quantitative estimate of drug-likeness (QED) is 0.349. The Morgan fingerprint density at radius 3 is 1.48 bits per heavy atom. The predicted octanol–water partition coefficient (Wildman–Crippen LogP) is 1.46. The monoisotopic (exact) mass is 369 g/mol. The lowest BCUT2D eigenvalue weighted by Gasteiger charge is -2.07. The number of hydrogen-bond acceptors (Lipinski definition) is 9. The molecule has 2 heterocycles. The van der Waals surface area contributed by atoms with E-state index >= 15 is 0 Å². The van der Waals surface area contributed by atoms with Gasteiger partial charge >= 0.3 is 23.9 Å². The van der Waals surface area contributed by atoms with Crippen molar-refractivity contribution in [3.63, 3.8) is 0 Å². The number of carbonyl (C=O) groups is 4. The fourth-order valence-corrected chi connectivity index (χ4v) is 2.71. The number of nitrogens with one attached hydrogen (secondary N) is 1. The Hall–Kier alpha value is -3.40. The number of carbonyl (C=O) groups excluding carboxylic acids is 4. The molecule has 0 aliphatic carbocycles. The van der Waals surface area contributed by atoms with Gasteiger partial charge in [0.2, 0.25) is 0 Å². The van der Waals surface area contributed by atoms with Crippen LogP contribution in [0.15, 0.2) is 36.4 Å². The molecular formula is C18H11NO8. The van der Waals surface area contributed by atoms with Crippen molar-refractivity contribution in [2.24, 2.45) is 0 Å². The van der Waals surface area contributed by atoms with Crippen molar-refractivity contribution in [1.29, 1.82) is 0 Å². The summed E-state index contributed by atoms with van der Waals surface area (Å²) in [5.74, 6) is -2.70. The minimum atomic E-state index is -0.685. The van der Waals surface area contributed by atoms with E-state index < -0.39 is 23.9 Å². The summed E-state index contributed by atoms with van der Waals surface area (Å²) >= 11 is 0. The van der Waals surface area contributed by atoms with Gasteiger partial charge in [0.05, 0.1) is 35.5 Å². The Labute approximate surface area is 151 Å². The molecule has 4 rings (SSSR count). The van der Waals surface area contributed by atoms with Crippen LogP contribution in [0.25, 0.3) is 0 Å². The molecule has 9 heteroatoms. The van der Waals surface area contributed by atoms with E-state index in [0.29, 0.717) is 11.1 Å². The topological polar surface area (TPSA) is 117 Å². The van der Waals surface area contributed by atoms with E-state index in [1.54, 1.807) is 12.1 Å². The van der Waals surface area contributed by atoms with Crippen molar-refractivity contribution < 1.29 is 38.3 Å². The minimum Gasteiger partial charge on any atom is -0.386 e. The van der Waals surface area contributed by atoms with Crippen molar-refractivity contribution >= 4 is 23.9 Å². The van der Waals surface area contributed by atoms with E-state index in [1.165, 1.54) is 24.3 Å². The maximum atomic E-state index is 11.5. The maximum Gasteiger partial charge on any atom is 0.346 e. The fraction of sp³-hybridized carbons (Fsp3) is 0.111. The van der Waals surface area contributed by atoms with Gasteiger partial charge in [-0.05, 0) is 35.4 Å². The number of fused-ring (bicyclic) bond motifs is 2. The average Bonchev–Trinajstić information content (AvgIpc) is 3.10. The van der Waals surface area contributed by atoms with Gasteiger partial charge in [-0.1, -0.05) is 17.8 Å². The highest BCUT2D eigenvalue weighted by Gasteiger charge is 2.30. The number of rotatable bonds is 6. The number of esters is 4. The lowest BCUT2D eigenvalue weighted by molar-refractivity contribution is -0.184. The first-order chi connectivity index (χ1) is 13.0. The maximum absolute atomic E-state index is 11.5. The summed E-state index contributed by atoms with van der Waals surface area (Å²) in [4.78, 5) is 56.0. The molecule has 0 saturated carbocycles. The van der Waals surface area contributed by atoms with Crippen molar-refractivity contribution in [1.82, 2.24) is 5.64 Å². The summed E-state index contributed by atoms with van der Waals surface area (Å²) < 4.78 is 9.02. The van der Waals surface area contributed by atoms with Crippen LogP contribution >= 0.6 is 0 Å². The zero-order chi connectivity index (χ0) is 19.0. The molecule has 0 aromatic heterocycles. The Kier molecular flexibility index (Phi) is 4.24. The third-order valence-electron chi connectivity index (χ3n) is 4.01. The molecule has 2 aromatic carbocycles. The lowest BCUT2D eigenvalue weighted by atomic mass is 10.1. The summed E-state index contributed by atoms with van der Waals surface area (Å²) in [5.41, 5.74) is 4.40. The van der Waals surface area contributed by atoms with Crippen LogP contribution in [-0.2, 0) is 32.4 Å². The van der Waals surface area contributed by atoms with E-state index in [2.05, 4.69) is 15.1 Å². The summed E-state index contributed by atoms with van der Waals surface area (Å²) in [6.45, 7) is 0.138. The van der Waals surface area contributed by atoms with E-state index in [1.807, 2.05) is 0 Å². The summed E-state index contributed by atoms with van der Waals surface area (Å²) in [6, 6.07) is 9.26. The Balaban J connectivity index is 1.28. The third-order valence-corrected chi connectivity index (χ3v) is 4.01. The molecule has 136 valence electrons. The van der Waals surface area contributed by atoms with Gasteiger partial charge in [0.1, 0.15) is 0 Å². The molecule has 0 spiro atoms. The zero-order valence-corrected chi connectivity index (χ0v) is 13.6. The summed E-state index contributed by atoms with van der Waals surface area (Å²) in [5, 5.41) is 0. The predicted molar refractivity (Wildman–Crippen MR) is 85.1 cm³/mol. The van der Waals surface area contributed by atoms with Crippen LogP contribution in [0, 0.1) is 0 Å². The molecule has 1 N–H and O–H groups in total. The van der Waals surface area contributed by atoms with Crippen molar-refractivity contribution in [2.45, 2.75) is 13.2 Å². The molecule has 27 heavy (non-hydrogen) atoms. The number of ether oxygens (including phenoxy) is 2. The average molecular weight is 369 g/mol. The molecule has 0 radical (unpaired) electrons. The molecule has 2 aliphatic heterocycles. The van der Waals surface area contributed by atoms with Gasteiger partial charge < -0.3 is 9.47 Å². The molecule has 9 nitrogen and oxygen atoms in total. The van der Waals surface area contributed by atoms with E-state index in [9.17, 15) is 19.2 Å². The van der Waals surface area contributed by atoms with Gasteiger partial charge in [0, 0.05) is 0 Å². The molecule has 0 saturated heterocycles. The van der Waals surface area contributed by atoms with Crippen molar-refractivity contribution in [3.8, 4) is 0 Å². The van der Waals surface area contributed by atoms with Crippen LogP contribution in [0.5, 0.6) is 0 Å².